The largest absolute Gasteiger partial charge is 0.481 e. The molecule has 0 aromatic heterocycles. The van der Waals surface area contributed by atoms with Gasteiger partial charge in [0.1, 0.15) is 5.41 Å². The molecule has 1 heterocycles. The van der Waals surface area contributed by atoms with Gasteiger partial charge in [-0.2, -0.15) is 0 Å². The number of benzene rings is 1. The van der Waals surface area contributed by atoms with Crippen LogP contribution in [0.25, 0.3) is 0 Å². The number of hydrogen-bond donors (Lipinski definition) is 1. The predicted octanol–water partition coefficient (Wildman–Crippen LogP) is 3.26. The van der Waals surface area contributed by atoms with Crippen molar-refractivity contribution in [2.24, 2.45) is 5.41 Å². The van der Waals surface area contributed by atoms with Gasteiger partial charge in [-0.15, -0.1) is 0 Å². The zero-order valence-corrected chi connectivity index (χ0v) is 16.4. The second kappa shape index (κ2) is 8.21. The zero-order chi connectivity index (χ0) is 19.4. The summed E-state index contributed by atoms with van der Waals surface area (Å²) in [5, 5.41) is 9.60. The maximum Gasteiger partial charge on any atom is 0.313 e. The molecule has 0 radical (unpaired) electrons. The molecule has 1 saturated heterocycles. The molecule has 1 atom stereocenters. The Hall–Kier alpha value is -1.88. The summed E-state index contributed by atoms with van der Waals surface area (Å²) in [6.07, 6.45) is 2.32. The second-order valence-corrected chi connectivity index (χ2v) is 8.38. The summed E-state index contributed by atoms with van der Waals surface area (Å²) >= 11 is 0. The number of likely N-dealkylation sites (tertiary alicyclic amines) is 1. The van der Waals surface area contributed by atoms with Crippen LogP contribution in [0.2, 0.25) is 0 Å². The molecule has 0 spiro atoms. The van der Waals surface area contributed by atoms with Crippen LogP contribution < -0.4 is 0 Å². The van der Waals surface area contributed by atoms with Gasteiger partial charge in [0.25, 0.3) is 0 Å². The molecule has 1 fully saturated rings. The number of carboxylic acids is 1. The van der Waals surface area contributed by atoms with E-state index in [2.05, 4.69) is 45.0 Å². The van der Waals surface area contributed by atoms with Crippen LogP contribution in [-0.4, -0.2) is 48.7 Å². The smallest absolute Gasteiger partial charge is 0.313 e. The van der Waals surface area contributed by atoms with Crippen LogP contribution in [-0.2, 0) is 26.2 Å². The third kappa shape index (κ3) is 4.85. The van der Waals surface area contributed by atoms with E-state index in [1.165, 1.54) is 12.7 Å². The number of carbonyl (C=O) groups excluding carboxylic acids is 1. The fourth-order valence-electron chi connectivity index (χ4n) is 3.56. The summed E-state index contributed by atoms with van der Waals surface area (Å²) in [5.41, 5.74) is 1.54. The highest BCUT2D eigenvalue weighted by Crippen LogP contribution is 2.31. The molecule has 144 valence electrons. The van der Waals surface area contributed by atoms with E-state index in [-0.39, 0.29) is 24.5 Å². The van der Waals surface area contributed by atoms with Crippen molar-refractivity contribution >= 4 is 11.9 Å². The first-order chi connectivity index (χ1) is 12.2. The normalized spacial score (nSPS) is 20.8. The third-order valence-corrected chi connectivity index (χ3v) is 5.25. The van der Waals surface area contributed by atoms with Crippen molar-refractivity contribution in [3.05, 3.63) is 35.4 Å². The van der Waals surface area contributed by atoms with Gasteiger partial charge in [-0.1, -0.05) is 45.0 Å². The van der Waals surface area contributed by atoms with Gasteiger partial charge in [-0.3, -0.25) is 9.59 Å². The van der Waals surface area contributed by atoms with E-state index >= 15 is 0 Å². The Morgan fingerprint density at radius 3 is 2.42 bits per heavy atom. The lowest BCUT2D eigenvalue weighted by Gasteiger charge is -2.39. The highest BCUT2D eigenvalue weighted by atomic mass is 16.5. The first-order valence-electron chi connectivity index (χ1n) is 9.27. The van der Waals surface area contributed by atoms with Crippen LogP contribution in [0.4, 0.5) is 0 Å². The van der Waals surface area contributed by atoms with Crippen molar-refractivity contribution in [3.8, 4) is 0 Å². The van der Waals surface area contributed by atoms with Crippen LogP contribution in [0.5, 0.6) is 0 Å². The fourth-order valence-corrected chi connectivity index (χ4v) is 3.56. The van der Waals surface area contributed by atoms with Crippen molar-refractivity contribution in [3.63, 3.8) is 0 Å². The van der Waals surface area contributed by atoms with Gasteiger partial charge in [-0.05, 0) is 35.8 Å². The Morgan fingerprint density at radius 2 is 1.88 bits per heavy atom. The lowest BCUT2D eigenvalue weighted by molar-refractivity contribution is -0.159. The molecular formula is C21H31NO4. The van der Waals surface area contributed by atoms with Crippen LogP contribution in [0.1, 0.15) is 51.2 Å². The second-order valence-electron chi connectivity index (χ2n) is 8.38. The molecule has 1 aliphatic heterocycles. The molecule has 0 saturated carbocycles. The average Bonchev–Trinajstić information content (AvgIpc) is 2.59. The fraction of sp³-hybridized carbons (Fsp3) is 0.619. The van der Waals surface area contributed by atoms with Crippen LogP contribution in [0.3, 0.4) is 0 Å². The highest BCUT2D eigenvalue weighted by molar-refractivity contribution is 5.80. The van der Waals surface area contributed by atoms with Crippen molar-refractivity contribution < 1.29 is 19.4 Å². The van der Waals surface area contributed by atoms with E-state index in [0.29, 0.717) is 32.2 Å². The Kier molecular flexibility index (Phi) is 6.45. The number of carbonyl (C=O) groups is 2. The maximum absolute atomic E-state index is 12.6. The topological polar surface area (TPSA) is 66.8 Å². The van der Waals surface area contributed by atoms with Gasteiger partial charge in [0, 0.05) is 26.6 Å². The van der Waals surface area contributed by atoms with Crippen LogP contribution >= 0.6 is 0 Å². The molecule has 0 aliphatic carbocycles. The number of amides is 1. The molecular weight excluding hydrogens is 330 g/mol. The molecule has 2 rings (SSSR count). The Morgan fingerprint density at radius 1 is 1.23 bits per heavy atom. The first-order valence-corrected chi connectivity index (χ1v) is 9.27. The average molecular weight is 361 g/mol. The molecule has 0 bridgehead atoms. The number of aryl methyl sites for hydroxylation is 1. The Bertz CT molecular complexity index is 628. The van der Waals surface area contributed by atoms with E-state index in [1.54, 1.807) is 4.90 Å². The number of methoxy groups -OCH3 is 1. The molecule has 1 amide bonds. The van der Waals surface area contributed by atoms with Gasteiger partial charge in [0.15, 0.2) is 0 Å². The van der Waals surface area contributed by atoms with Crippen LogP contribution in [0, 0.1) is 5.41 Å². The standard InChI is InChI=1S/C21H31NO4/c1-20(2,3)17-9-6-16(7-10-17)8-11-18(23)22-13-5-12-21(14-22,15-26-4)19(24)25/h6-7,9-10H,5,8,11-15H2,1-4H3,(H,24,25). The SMILES string of the molecule is COCC1(C(=O)O)CCCN(C(=O)CCc2ccc(C(C)(C)C)cc2)C1. The first kappa shape index (κ1) is 20.4. The lowest BCUT2D eigenvalue weighted by Crippen LogP contribution is -2.52. The van der Waals surface area contributed by atoms with Gasteiger partial charge in [0.2, 0.25) is 5.91 Å². The minimum absolute atomic E-state index is 0.0197. The monoisotopic (exact) mass is 361 g/mol. The van der Waals surface area contributed by atoms with Crippen LogP contribution in [0.15, 0.2) is 24.3 Å². The summed E-state index contributed by atoms with van der Waals surface area (Å²) in [6.45, 7) is 7.53. The van der Waals surface area contributed by atoms with E-state index in [9.17, 15) is 14.7 Å². The summed E-state index contributed by atoms with van der Waals surface area (Å²) in [5.74, 6) is -0.860. The van der Waals surface area contributed by atoms with E-state index in [1.807, 2.05) is 0 Å². The number of hydrogen-bond acceptors (Lipinski definition) is 3. The van der Waals surface area contributed by atoms with Gasteiger partial charge in [0.05, 0.1) is 6.61 Å². The van der Waals surface area contributed by atoms with Crippen molar-refractivity contribution in [2.75, 3.05) is 26.8 Å². The molecule has 5 nitrogen and oxygen atoms in total. The molecule has 1 aliphatic rings. The predicted molar refractivity (Wildman–Crippen MR) is 101 cm³/mol. The Balaban J connectivity index is 1.96. The van der Waals surface area contributed by atoms with Gasteiger partial charge >= 0.3 is 5.97 Å². The van der Waals surface area contributed by atoms with E-state index < -0.39 is 11.4 Å². The highest BCUT2D eigenvalue weighted by Gasteiger charge is 2.43. The summed E-state index contributed by atoms with van der Waals surface area (Å²) in [4.78, 5) is 26.0. The Labute approximate surface area is 156 Å². The van der Waals surface area contributed by atoms with Crippen molar-refractivity contribution in [2.45, 2.75) is 51.9 Å². The van der Waals surface area contributed by atoms with Crippen molar-refractivity contribution in [1.29, 1.82) is 0 Å². The molecule has 26 heavy (non-hydrogen) atoms. The molecule has 1 aromatic carbocycles. The minimum Gasteiger partial charge on any atom is -0.481 e. The molecule has 5 heteroatoms. The molecule has 1 aromatic rings. The summed E-state index contributed by atoms with van der Waals surface area (Å²) in [6, 6.07) is 8.40. The van der Waals surface area contributed by atoms with Gasteiger partial charge in [-0.25, -0.2) is 0 Å². The molecule has 1 N–H and O–H groups in total. The number of piperidine rings is 1. The number of aliphatic carboxylic acids is 1. The number of ether oxygens (including phenoxy) is 1. The van der Waals surface area contributed by atoms with Gasteiger partial charge < -0.3 is 14.7 Å². The number of rotatable bonds is 6. The van der Waals surface area contributed by atoms with E-state index in [4.69, 9.17) is 4.74 Å². The number of carboxylic acid groups (broad SMARTS) is 1. The third-order valence-electron chi connectivity index (χ3n) is 5.25. The lowest BCUT2D eigenvalue weighted by atomic mass is 9.80. The zero-order valence-electron chi connectivity index (χ0n) is 16.4. The number of nitrogens with zero attached hydrogens (tertiary/aromatic N) is 1. The molecule has 1 unspecified atom stereocenters. The van der Waals surface area contributed by atoms with Crippen molar-refractivity contribution in [1.82, 2.24) is 4.90 Å². The quantitative estimate of drug-likeness (QED) is 0.844. The van der Waals surface area contributed by atoms with E-state index in [0.717, 1.165) is 5.56 Å². The summed E-state index contributed by atoms with van der Waals surface area (Å²) < 4.78 is 5.12. The minimum atomic E-state index is -0.975. The maximum atomic E-state index is 12.6. The summed E-state index contributed by atoms with van der Waals surface area (Å²) in [7, 11) is 1.51.